The lowest BCUT2D eigenvalue weighted by Crippen LogP contribution is -2.27. The minimum absolute atomic E-state index is 0.177. The number of rotatable bonds is 7. The zero-order valence-electron chi connectivity index (χ0n) is 18.5. The fraction of sp³-hybridized carbons (Fsp3) is 0.364. The molecule has 1 atom stereocenters. The Labute approximate surface area is 187 Å². The lowest BCUT2D eigenvalue weighted by molar-refractivity contribution is 0.356. The van der Waals surface area contributed by atoms with Gasteiger partial charge >= 0.3 is 0 Å². The zero-order chi connectivity index (χ0) is 22.9. The van der Waals surface area contributed by atoms with Crippen LogP contribution in [0.1, 0.15) is 19.8 Å². The number of nitrogens with zero attached hydrogens (tertiary/aromatic N) is 3. The number of fused-ring (bicyclic) bond motifs is 1. The monoisotopic (exact) mass is 457 g/mol. The van der Waals surface area contributed by atoms with Gasteiger partial charge in [-0.25, -0.2) is 23.1 Å². The summed E-state index contributed by atoms with van der Waals surface area (Å²) in [6, 6.07) is 9.06. The van der Waals surface area contributed by atoms with Gasteiger partial charge in [0.15, 0.2) is 11.5 Å². The van der Waals surface area contributed by atoms with Crippen molar-refractivity contribution in [3.8, 4) is 11.5 Å². The van der Waals surface area contributed by atoms with Crippen molar-refractivity contribution >= 4 is 38.1 Å². The standard InChI is InChI=1S/C22H27N5O4S/c1-14-6-5-9-27(14)19-8-7-15(32(28,29)23-2)10-18(19)26-22-16-11-20(30-3)21(31-4)12-17(16)24-13-25-22/h7-8,10-14,23H,5-6,9H2,1-4H3,(H,24,25,26). The summed E-state index contributed by atoms with van der Waals surface area (Å²) in [4.78, 5) is 11.2. The van der Waals surface area contributed by atoms with E-state index < -0.39 is 10.0 Å². The lowest BCUT2D eigenvalue weighted by Gasteiger charge is -2.27. The van der Waals surface area contributed by atoms with Gasteiger partial charge in [-0.05, 0) is 51.1 Å². The lowest BCUT2D eigenvalue weighted by atomic mass is 10.2. The van der Waals surface area contributed by atoms with Gasteiger partial charge in [-0.2, -0.15) is 0 Å². The molecule has 0 spiro atoms. The molecule has 1 fully saturated rings. The molecule has 1 aromatic heterocycles. The minimum Gasteiger partial charge on any atom is -0.493 e. The maximum atomic E-state index is 12.5. The molecule has 0 radical (unpaired) electrons. The Kier molecular flexibility index (Phi) is 6.07. The van der Waals surface area contributed by atoms with Crippen LogP contribution in [-0.2, 0) is 10.0 Å². The van der Waals surface area contributed by atoms with Crippen molar-refractivity contribution in [2.75, 3.05) is 38.0 Å². The first-order chi connectivity index (χ1) is 15.4. The van der Waals surface area contributed by atoms with Crippen LogP contribution in [0, 0.1) is 0 Å². The van der Waals surface area contributed by atoms with Crippen LogP contribution in [0.3, 0.4) is 0 Å². The number of methoxy groups -OCH3 is 2. The van der Waals surface area contributed by atoms with Gasteiger partial charge in [-0.1, -0.05) is 0 Å². The maximum Gasteiger partial charge on any atom is 0.240 e. The van der Waals surface area contributed by atoms with Gasteiger partial charge in [0.25, 0.3) is 0 Å². The molecule has 4 rings (SSSR count). The first-order valence-electron chi connectivity index (χ1n) is 10.4. The van der Waals surface area contributed by atoms with Crippen LogP contribution in [-0.4, -0.2) is 52.2 Å². The van der Waals surface area contributed by atoms with Crippen LogP contribution in [0.15, 0.2) is 41.6 Å². The van der Waals surface area contributed by atoms with Gasteiger partial charge in [0.05, 0.1) is 36.0 Å². The van der Waals surface area contributed by atoms with E-state index >= 15 is 0 Å². The van der Waals surface area contributed by atoms with E-state index in [1.165, 1.54) is 13.4 Å². The predicted molar refractivity (Wildman–Crippen MR) is 125 cm³/mol. The molecular weight excluding hydrogens is 430 g/mol. The molecule has 1 unspecified atom stereocenters. The summed E-state index contributed by atoms with van der Waals surface area (Å²) in [6.07, 6.45) is 3.64. The van der Waals surface area contributed by atoms with Gasteiger partial charge in [0, 0.05) is 24.0 Å². The van der Waals surface area contributed by atoms with E-state index in [0.29, 0.717) is 34.6 Å². The van der Waals surface area contributed by atoms with Crippen LogP contribution in [0.25, 0.3) is 10.9 Å². The molecule has 0 aliphatic carbocycles. The highest BCUT2D eigenvalue weighted by molar-refractivity contribution is 7.89. The van der Waals surface area contributed by atoms with E-state index in [-0.39, 0.29) is 4.90 Å². The zero-order valence-corrected chi connectivity index (χ0v) is 19.4. The Hall–Kier alpha value is -3.11. The number of benzene rings is 2. The molecule has 32 heavy (non-hydrogen) atoms. The van der Waals surface area contributed by atoms with E-state index in [2.05, 4.69) is 31.8 Å². The summed E-state index contributed by atoms with van der Waals surface area (Å²) < 4.78 is 38.1. The second-order valence-electron chi connectivity index (χ2n) is 7.64. The fourth-order valence-corrected chi connectivity index (χ4v) is 4.81. The molecule has 0 saturated carbocycles. The van der Waals surface area contributed by atoms with E-state index in [0.717, 1.165) is 30.5 Å². The summed E-state index contributed by atoms with van der Waals surface area (Å²) >= 11 is 0. The van der Waals surface area contributed by atoms with Crippen molar-refractivity contribution in [1.82, 2.24) is 14.7 Å². The summed E-state index contributed by atoms with van der Waals surface area (Å²) in [6.45, 7) is 3.08. The number of hydrogen-bond donors (Lipinski definition) is 2. The molecule has 1 aliphatic rings. The molecule has 1 saturated heterocycles. The summed E-state index contributed by atoms with van der Waals surface area (Å²) in [5, 5.41) is 4.09. The number of hydrogen-bond acceptors (Lipinski definition) is 8. The highest BCUT2D eigenvalue weighted by Gasteiger charge is 2.25. The van der Waals surface area contributed by atoms with Crippen molar-refractivity contribution in [2.24, 2.45) is 0 Å². The van der Waals surface area contributed by atoms with Gasteiger partial charge < -0.3 is 19.7 Å². The van der Waals surface area contributed by atoms with Crippen LogP contribution < -0.4 is 24.4 Å². The topological polar surface area (TPSA) is 106 Å². The molecule has 9 nitrogen and oxygen atoms in total. The first-order valence-corrected chi connectivity index (χ1v) is 11.8. The first kappa shape index (κ1) is 22.1. The van der Waals surface area contributed by atoms with Gasteiger partial charge in [-0.3, -0.25) is 0 Å². The third kappa shape index (κ3) is 4.03. The van der Waals surface area contributed by atoms with Gasteiger partial charge in [0.2, 0.25) is 10.0 Å². The summed E-state index contributed by atoms with van der Waals surface area (Å²) in [5.41, 5.74) is 2.26. The number of anilines is 3. The molecule has 10 heteroatoms. The SMILES string of the molecule is CNS(=O)(=O)c1ccc(N2CCCC2C)c(Nc2ncnc3cc(OC)c(OC)cc23)c1. The predicted octanol–water partition coefficient (Wildman–Crippen LogP) is 3.29. The van der Waals surface area contributed by atoms with E-state index in [1.54, 1.807) is 32.4 Å². The van der Waals surface area contributed by atoms with Gasteiger partial charge in [-0.15, -0.1) is 0 Å². The van der Waals surface area contributed by atoms with Crippen molar-refractivity contribution in [3.05, 3.63) is 36.7 Å². The Balaban J connectivity index is 1.85. The summed E-state index contributed by atoms with van der Waals surface area (Å²) in [5.74, 6) is 1.67. The molecule has 1 aliphatic heterocycles. The second-order valence-corrected chi connectivity index (χ2v) is 9.53. The molecule has 2 heterocycles. The third-order valence-electron chi connectivity index (χ3n) is 5.80. The van der Waals surface area contributed by atoms with Crippen LogP contribution in [0.2, 0.25) is 0 Å². The van der Waals surface area contributed by atoms with Crippen LogP contribution in [0.4, 0.5) is 17.2 Å². The number of aromatic nitrogens is 2. The average molecular weight is 458 g/mol. The van der Waals surface area contributed by atoms with Crippen molar-refractivity contribution in [2.45, 2.75) is 30.7 Å². The molecule has 2 N–H and O–H groups in total. The Morgan fingerprint density at radius 3 is 2.50 bits per heavy atom. The molecule has 3 aromatic rings. The average Bonchev–Trinajstić information content (AvgIpc) is 3.23. The van der Waals surface area contributed by atoms with Crippen molar-refractivity contribution in [3.63, 3.8) is 0 Å². The van der Waals surface area contributed by atoms with Gasteiger partial charge in [0.1, 0.15) is 12.1 Å². The van der Waals surface area contributed by atoms with Crippen molar-refractivity contribution < 1.29 is 17.9 Å². The molecular formula is C22H27N5O4S. The van der Waals surface area contributed by atoms with E-state index in [9.17, 15) is 8.42 Å². The second kappa shape index (κ2) is 8.79. The highest BCUT2D eigenvalue weighted by atomic mass is 32.2. The molecule has 0 bridgehead atoms. The Bertz CT molecular complexity index is 1250. The number of ether oxygens (including phenoxy) is 2. The minimum atomic E-state index is -3.61. The van der Waals surface area contributed by atoms with E-state index in [4.69, 9.17) is 9.47 Å². The quantitative estimate of drug-likeness (QED) is 0.557. The molecule has 0 amide bonds. The number of sulfonamides is 1. The smallest absolute Gasteiger partial charge is 0.240 e. The largest absolute Gasteiger partial charge is 0.493 e. The number of nitrogens with one attached hydrogen (secondary N) is 2. The maximum absolute atomic E-state index is 12.5. The molecule has 170 valence electrons. The third-order valence-corrected chi connectivity index (χ3v) is 7.22. The Morgan fingerprint density at radius 2 is 1.84 bits per heavy atom. The van der Waals surface area contributed by atoms with Crippen molar-refractivity contribution in [1.29, 1.82) is 0 Å². The van der Waals surface area contributed by atoms with Crippen LogP contribution in [0.5, 0.6) is 11.5 Å². The van der Waals surface area contributed by atoms with E-state index in [1.807, 2.05) is 12.1 Å². The molecule has 2 aromatic carbocycles. The van der Waals surface area contributed by atoms with Crippen LogP contribution >= 0.6 is 0 Å². The normalized spacial score (nSPS) is 16.4. The summed E-state index contributed by atoms with van der Waals surface area (Å²) in [7, 11) is 0.932. The Morgan fingerprint density at radius 1 is 1.09 bits per heavy atom. The fourth-order valence-electron chi connectivity index (χ4n) is 4.05. The highest BCUT2D eigenvalue weighted by Crippen LogP contribution is 2.38.